The Balaban J connectivity index is 1.89. The van der Waals surface area contributed by atoms with Gasteiger partial charge in [0.25, 0.3) is 0 Å². The summed E-state index contributed by atoms with van der Waals surface area (Å²) >= 11 is 6.06. The van der Waals surface area contributed by atoms with E-state index in [9.17, 15) is 28.4 Å². The number of benzene rings is 1. The van der Waals surface area contributed by atoms with Gasteiger partial charge >= 0.3 is 12.6 Å². The Bertz CT molecular complexity index is 1260. The minimum Gasteiger partial charge on any atom is -0.619 e. The molecule has 2 amide bonds. The minimum absolute atomic E-state index is 0.00863. The Labute approximate surface area is 255 Å². The van der Waals surface area contributed by atoms with Crippen LogP contribution in [0.2, 0.25) is 5.02 Å². The van der Waals surface area contributed by atoms with Gasteiger partial charge in [-0.1, -0.05) is 29.8 Å². The van der Waals surface area contributed by atoms with E-state index in [4.69, 9.17) is 22.1 Å². The number of alkyl halides is 2. The molecule has 0 bridgehead atoms. The first-order chi connectivity index (χ1) is 20.2. The fraction of sp³-hybridized carbons (Fsp3) is 0.533. The van der Waals surface area contributed by atoms with Crippen molar-refractivity contribution in [1.29, 1.82) is 0 Å². The van der Waals surface area contributed by atoms with Gasteiger partial charge in [-0.15, -0.1) is 0 Å². The highest BCUT2D eigenvalue weighted by atomic mass is 35.5. The number of amides is 2. The molecule has 1 aliphatic rings. The van der Waals surface area contributed by atoms with Gasteiger partial charge in [-0.25, -0.2) is 0 Å². The molecular formula is C30H39ClF2N4O6. The van der Waals surface area contributed by atoms with E-state index in [2.05, 4.69) is 10.1 Å². The van der Waals surface area contributed by atoms with E-state index in [0.717, 1.165) is 5.56 Å². The first-order valence-corrected chi connectivity index (χ1v) is 14.4. The molecule has 43 heavy (non-hydrogen) atoms. The number of rotatable bonds is 12. The molecule has 10 nitrogen and oxygen atoms in total. The summed E-state index contributed by atoms with van der Waals surface area (Å²) in [6.07, 6.45) is 2.30. The molecule has 0 aliphatic carbocycles. The Morgan fingerprint density at radius 1 is 1.19 bits per heavy atom. The monoisotopic (exact) mass is 624 g/mol. The first kappa shape index (κ1) is 34.1. The zero-order valence-electron chi connectivity index (χ0n) is 24.6. The summed E-state index contributed by atoms with van der Waals surface area (Å²) in [5, 5.41) is 15.9. The number of nitrogens with zero attached hydrogens (tertiary/aromatic N) is 2. The van der Waals surface area contributed by atoms with E-state index in [-0.39, 0.29) is 31.7 Å². The number of hydrogen-bond acceptors (Lipinski definition) is 7. The Morgan fingerprint density at radius 3 is 2.51 bits per heavy atom. The quantitative estimate of drug-likeness (QED) is 0.210. The number of halogens is 3. The van der Waals surface area contributed by atoms with Crippen molar-refractivity contribution in [3.8, 4) is 0 Å². The van der Waals surface area contributed by atoms with Crippen molar-refractivity contribution < 1.29 is 37.4 Å². The fourth-order valence-electron chi connectivity index (χ4n) is 5.17. The van der Waals surface area contributed by atoms with Gasteiger partial charge in [-0.3, -0.25) is 14.4 Å². The van der Waals surface area contributed by atoms with Crippen molar-refractivity contribution in [1.82, 2.24) is 10.2 Å². The number of nitrogens with one attached hydrogen (secondary N) is 1. The summed E-state index contributed by atoms with van der Waals surface area (Å²) in [6, 6.07) is 10.5. The standard InChI is InChI=1S/C30H39ClF2N4O6/c1-29(2,3)43-25(38)16-21(15-23-7-4-5-14-37(23)41)27(40)36-13-6-12-30(19-36,17-20-8-10-22(31)11-9-20)35-26(39)24(34)18-42-28(32)33/h4-5,7-11,14,21,24,28H,6,12-13,15-19,34H2,1-3H3,(H,35,39). The topological polar surface area (TPSA) is 138 Å². The lowest BCUT2D eigenvalue weighted by molar-refractivity contribution is -0.614. The van der Waals surface area contributed by atoms with Crippen LogP contribution in [-0.2, 0) is 36.7 Å². The van der Waals surface area contributed by atoms with Gasteiger partial charge in [-0.2, -0.15) is 13.5 Å². The second-order valence-corrected chi connectivity index (χ2v) is 12.3. The summed E-state index contributed by atoms with van der Waals surface area (Å²) in [6.45, 7) is 1.80. The lowest BCUT2D eigenvalue weighted by Crippen LogP contribution is -2.64. The van der Waals surface area contributed by atoms with E-state index in [1.54, 1.807) is 68.1 Å². The number of nitrogens with two attached hydrogens (primary N) is 1. The van der Waals surface area contributed by atoms with Gasteiger partial charge in [0.05, 0.1) is 24.5 Å². The van der Waals surface area contributed by atoms with Crippen molar-refractivity contribution >= 4 is 29.4 Å². The number of likely N-dealkylation sites (tertiary alicyclic amines) is 1. The molecule has 3 unspecified atom stereocenters. The lowest BCUT2D eigenvalue weighted by Gasteiger charge is -2.45. The van der Waals surface area contributed by atoms with Gasteiger partial charge in [0, 0.05) is 36.7 Å². The molecule has 0 saturated carbocycles. The van der Waals surface area contributed by atoms with Crippen LogP contribution in [-0.4, -0.2) is 66.2 Å². The Morgan fingerprint density at radius 2 is 1.88 bits per heavy atom. The number of aromatic nitrogens is 1. The average molecular weight is 625 g/mol. The summed E-state index contributed by atoms with van der Waals surface area (Å²) < 4.78 is 35.5. The van der Waals surface area contributed by atoms with Crippen LogP contribution in [0.3, 0.4) is 0 Å². The van der Waals surface area contributed by atoms with Gasteiger partial charge in [-0.05, 0) is 57.7 Å². The third-order valence-corrected chi connectivity index (χ3v) is 7.27. The van der Waals surface area contributed by atoms with Crippen LogP contribution in [0.25, 0.3) is 0 Å². The normalized spacial score (nSPS) is 18.7. The summed E-state index contributed by atoms with van der Waals surface area (Å²) in [7, 11) is 0. The Hall–Kier alpha value is -3.35. The largest absolute Gasteiger partial charge is 0.619 e. The highest BCUT2D eigenvalue weighted by Crippen LogP contribution is 2.29. The second-order valence-electron chi connectivity index (χ2n) is 11.8. The maximum absolute atomic E-state index is 14.0. The molecule has 1 aliphatic heterocycles. The van der Waals surface area contributed by atoms with E-state index >= 15 is 0 Å². The number of pyridine rings is 1. The lowest BCUT2D eigenvalue weighted by atomic mass is 9.82. The molecule has 236 valence electrons. The third-order valence-electron chi connectivity index (χ3n) is 7.01. The predicted molar refractivity (Wildman–Crippen MR) is 155 cm³/mol. The number of piperidine rings is 1. The molecule has 0 radical (unpaired) electrons. The van der Waals surface area contributed by atoms with E-state index in [1.807, 2.05) is 0 Å². The molecule has 0 spiro atoms. The van der Waals surface area contributed by atoms with E-state index in [1.165, 1.54) is 6.20 Å². The smallest absolute Gasteiger partial charge is 0.345 e. The molecule has 2 heterocycles. The maximum atomic E-state index is 14.0. The molecule has 1 aromatic carbocycles. The second kappa shape index (κ2) is 14.9. The molecule has 1 saturated heterocycles. The van der Waals surface area contributed by atoms with Crippen LogP contribution in [0.1, 0.15) is 51.3 Å². The first-order valence-electron chi connectivity index (χ1n) is 14.1. The third kappa shape index (κ3) is 10.7. The van der Waals surface area contributed by atoms with Crippen molar-refractivity contribution in [3.05, 3.63) is 70.1 Å². The molecule has 2 aromatic rings. The van der Waals surface area contributed by atoms with Crippen LogP contribution in [0.4, 0.5) is 8.78 Å². The van der Waals surface area contributed by atoms with Crippen LogP contribution in [0.5, 0.6) is 0 Å². The minimum atomic E-state index is -3.08. The van der Waals surface area contributed by atoms with Crippen molar-refractivity contribution in [2.75, 3.05) is 19.7 Å². The fourth-order valence-corrected chi connectivity index (χ4v) is 5.30. The molecule has 3 atom stereocenters. The summed E-state index contributed by atoms with van der Waals surface area (Å²) in [5.74, 6) is -2.58. The summed E-state index contributed by atoms with van der Waals surface area (Å²) in [4.78, 5) is 41.5. The average Bonchev–Trinajstić information content (AvgIpc) is 2.92. The zero-order chi connectivity index (χ0) is 31.8. The maximum Gasteiger partial charge on any atom is 0.345 e. The molecule has 13 heteroatoms. The van der Waals surface area contributed by atoms with Gasteiger partial charge in [0.2, 0.25) is 11.8 Å². The number of esters is 1. The number of hydrogen-bond donors (Lipinski definition) is 2. The van der Waals surface area contributed by atoms with Crippen LogP contribution >= 0.6 is 11.6 Å². The molecule has 1 aromatic heterocycles. The molecule has 3 N–H and O–H groups in total. The van der Waals surface area contributed by atoms with Crippen LogP contribution < -0.4 is 15.8 Å². The van der Waals surface area contributed by atoms with Gasteiger partial charge < -0.3 is 30.6 Å². The SMILES string of the molecule is CC(C)(C)OC(=O)CC(Cc1cccc[n+]1[O-])C(=O)N1CCCC(Cc2ccc(Cl)cc2)(NC(=O)C(N)COC(F)F)C1. The summed E-state index contributed by atoms with van der Waals surface area (Å²) in [5.41, 5.74) is 5.20. The number of ether oxygens (including phenoxy) is 2. The number of carbonyl (C=O) groups is 3. The van der Waals surface area contributed by atoms with Crippen molar-refractivity contribution in [2.24, 2.45) is 11.7 Å². The highest BCUT2D eigenvalue weighted by Gasteiger charge is 2.42. The predicted octanol–water partition coefficient (Wildman–Crippen LogP) is 3.15. The van der Waals surface area contributed by atoms with Crippen LogP contribution in [0, 0.1) is 11.1 Å². The highest BCUT2D eigenvalue weighted by molar-refractivity contribution is 6.30. The zero-order valence-corrected chi connectivity index (χ0v) is 25.3. The molecular weight excluding hydrogens is 586 g/mol. The van der Waals surface area contributed by atoms with Crippen molar-refractivity contribution in [3.63, 3.8) is 0 Å². The van der Waals surface area contributed by atoms with E-state index < -0.39 is 48.2 Å². The van der Waals surface area contributed by atoms with Gasteiger partial charge in [0.15, 0.2) is 11.9 Å². The van der Waals surface area contributed by atoms with E-state index in [0.29, 0.717) is 34.8 Å². The van der Waals surface area contributed by atoms with Crippen LogP contribution in [0.15, 0.2) is 48.7 Å². The van der Waals surface area contributed by atoms with Crippen molar-refractivity contribution in [2.45, 2.75) is 76.7 Å². The molecule has 3 rings (SSSR count). The molecule has 1 fully saturated rings. The van der Waals surface area contributed by atoms with Gasteiger partial charge in [0.1, 0.15) is 11.6 Å². The number of carbonyl (C=O) groups excluding carboxylic acids is 3. The Kier molecular flexibility index (Phi) is 11.8.